The van der Waals surface area contributed by atoms with Crippen molar-refractivity contribution in [2.45, 2.75) is 26.2 Å². The summed E-state index contributed by atoms with van der Waals surface area (Å²) in [6, 6.07) is 0. The van der Waals surface area contributed by atoms with Crippen LogP contribution in [0.5, 0.6) is 0 Å². The molecule has 0 heterocycles. The van der Waals surface area contributed by atoms with Crippen molar-refractivity contribution in [3.63, 3.8) is 0 Å². The van der Waals surface area contributed by atoms with Gasteiger partial charge in [-0.1, -0.05) is 19.8 Å². The smallest absolute Gasteiger partial charge is 0.781 e. The van der Waals surface area contributed by atoms with Crippen molar-refractivity contribution in [1.82, 2.24) is 0 Å². The molecular weight excluding hydrogens is 178 g/mol. The van der Waals surface area contributed by atoms with Crippen LogP contribution in [-0.2, 0) is 9.09 Å². The summed E-state index contributed by atoms with van der Waals surface area (Å²) >= 11 is 0. The molecule has 0 aromatic carbocycles. The molecule has 56 valence electrons. The summed E-state index contributed by atoms with van der Waals surface area (Å²) in [6.07, 6.45) is 2.97. The van der Waals surface area contributed by atoms with Crippen LogP contribution in [0, 0.1) is 0 Å². The minimum absolute atomic E-state index is 0. The molecule has 0 aliphatic heterocycles. The third kappa shape index (κ3) is 12.5. The van der Waals surface area contributed by atoms with Gasteiger partial charge in [-0.05, 0) is 6.42 Å². The maximum atomic E-state index is 9.81. The van der Waals surface area contributed by atoms with E-state index in [1.54, 1.807) is 0 Å². The zero-order valence-corrected chi connectivity index (χ0v) is 10.7. The molecule has 5 heteroatoms. The predicted octanol–water partition coefficient (Wildman–Crippen LogP) is -2.05. The summed E-state index contributed by atoms with van der Waals surface area (Å²) in [5.41, 5.74) is 0. The molecule has 0 aliphatic rings. The van der Waals surface area contributed by atoms with E-state index in [0.29, 0.717) is 6.61 Å². The van der Waals surface area contributed by atoms with Gasteiger partial charge < -0.3 is 14.0 Å². The molecule has 0 bridgehead atoms. The third-order valence-electron chi connectivity index (χ3n) is 0.968. The molecule has 10 heavy (non-hydrogen) atoms. The normalized spacial score (nSPS) is 12.2. The van der Waals surface area contributed by atoms with E-state index in [-0.39, 0.29) is 51.4 Å². The van der Waals surface area contributed by atoms with Crippen molar-refractivity contribution in [3.05, 3.63) is 0 Å². The first kappa shape index (κ1) is 14.3. The molecule has 0 rings (SSSR count). The van der Waals surface area contributed by atoms with E-state index < -0.39 is 8.25 Å². The summed E-state index contributed by atoms with van der Waals surface area (Å²) in [5, 5.41) is 0. The largest absolute Gasteiger partial charge is 1.00 e. The van der Waals surface area contributed by atoms with E-state index >= 15 is 0 Å². The number of hydrogen-bond donors (Lipinski definition) is 0. The van der Waals surface area contributed by atoms with Gasteiger partial charge in [0.1, 0.15) is 8.25 Å². The molecule has 0 aliphatic carbocycles. The summed E-state index contributed by atoms with van der Waals surface area (Å²) < 4.78 is 14.1. The van der Waals surface area contributed by atoms with Gasteiger partial charge in [0.25, 0.3) is 0 Å². The topological polar surface area (TPSA) is 49.4 Å². The van der Waals surface area contributed by atoms with Crippen LogP contribution in [0.4, 0.5) is 0 Å². The molecule has 0 saturated carbocycles. The first-order valence-electron chi connectivity index (χ1n) is 3.11. The van der Waals surface area contributed by atoms with E-state index in [4.69, 9.17) is 0 Å². The van der Waals surface area contributed by atoms with Crippen molar-refractivity contribution >= 4 is 8.25 Å². The molecule has 0 fully saturated rings. The van der Waals surface area contributed by atoms with E-state index in [0.717, 1.165) is 19.3 Å². The van der Waals surface area contributed by atoms with Crippen LogP contribution in [0.25, 0.3) is 0 Å². The molecule has 0 N–H and O–H groups in total. The van der Waals surface area contributed by atoms with Crippen molar-refractivity contribution in [1.29, 1.82) is 0 Å². The maximum absolute atomic E-state index is 9.81. The number of hydrogen-bond acceptors (Lipinski definition) is 3. The third-order valence-corrected chi connectivity index (χ3v) is 1.41. The van der Waals surface area contributed by atoms with Gasteiger partial charge in [-0.15, -0.1) is 0 Å². The van der Waals surface area contributed by atoms with Crippen LogP contribution in [0.3, 0.4) is 0 Å². The first-order chi connectivity index (χ1) is 4.27. The number of rotatable bonds is 5. The summed E-state index contributed by atoms with van der Waals surface area (Å²) in [4.78, 5) is 9.81. The van der Waals surface area contributed by atoms with Crippen LogP contribution in [0.15, 0.2) is 0 Å². The van der Waals surface area contributed by atoms with Gasteiger partial charge in [0.2, 0.25) is 0 Å². The van der Waals surface area contributed by atoms with Crippen LogP contribution in [0.2, 0.25) is 0 Å². The Balaban J connectivity index is 0. The Labute approximate surface area is 105 Å². The Hall–Kier alpha value is 1.79. The maximum Gasteiger partial charge on any atom is 1.00 e. The molecular formula is C5H12KO3P. The van der Waals surface area contributed by atoms with Crippen molar-refractivity contribution in [3.8, 4) is 0 Å². The molecule has 0 saturated heterocycles. The standard InChI is InChI=1S/C5H13O3P.K/c1-2-3-4-5-8-9(6)7;/h9H,2-5H2,1H3,(H,6,7);/q;+1/p-1. The van der Waals surface area contributed by atoms with E-state index in [1.807, 2.05) is 0 Å². The Morgan fingerprint density at radius 2 is 2.10 bits per heavy atom. The van der Waals surface area contributed by atoms with E-state index in [2.05, 4.69) is 11.4 Å². The fraction of sp³-hybridized carbons (Fsp3) is 1.00. The van der Waals surface area contributed by atoms with Gasteiger partial charge in [0.05, 0.1) is 6.61 Å². The predicted molar refractivity (Wildman–Crippen MR) is 34.5 cm³/mol. The van der Waals surface area contributed by atoms with Crippen molar-refractivity contribution in [2.75, 3.05) is 6.61 Å². The second kappa shape index (κ2) is 10.8. The van der Waals surface area contributed by atoms with Gasteiger partial charge >= 0.3 is 51.4 Å². The zero-order valence-electron chi connectivity index (χ0n) is 6.55. The second-order valence-electron chi connectivity index (χ2n) is 1.81. The van der Waals surface area contributed by atoms with E-state index in [1.165, 1.54) is 0 Å². The Bertz CT molecular complexity index is 89.0. The van der Waals surface area contributed by atoms with Gasteiger partial charge in [0.15, 0.2) is 0 Å². The van der Waals surface area contributed by atoms with Crippen LogP contribution < -0.4 is 56.3 Å². The Morgan fingerprint density at radius 1 is 1.50 bits per heavy atom. The summed E-state index contributed by atoms with van der Waals surface area (Å²) in [6.45, 7) is 2.41. The summed E-state index contributed by atoms with van der Waals surface area (Å²) in [5.74, 6) is 0. The van der Waals surface area contributed by atoms with Gasteiger partial charge in [-0.2, -0.15) is 0 Å². The molecule has 0 amide bonds. The molecule has 1 unspecified atom stereocenters. The monoisotopic (exact) mass is 190 g/mol. The minimum Gasteiger partial charge on any atom is -0.781 e. The quantitative estimate of drug-likeness (QED) is 0.285. The van der Waals surface area contributed by atoms with Gasteiger partial charge in [0, 0.05) is 0 Å². The molecule has 0 aromatic heterocycles. The number of unbranched alkanes of at least 4 members (excludes halogenated alkanes) is 2. The SMILES string of the molecule is CCCCCO[PH](=O)[O-].[K+]. The molecule has 1 atom stereocenters. The van der Waals surface area contributed by atoms with E-state index in [9.17, 15) is 9.46 Å². The Morgan fingerprint density at radius 3 is 2.50 bits per heavy atom. The average molecular weight is 190 g/mol. The summed E-state index contributed by atoms with van der Waals surface area (Å²) in [7, 11) is -2.92. The first-order valence-corrected chi connectivity index (χ1v) is 4.33. The zero-order chi connectivity index (χ0) is 7.11. The average Bonchev–Trinajstić information content (AvgIpc) is 1.80. The second-order valence-corrected chi connectivity index (χ2v) is 2.59. The molecule has 0 spiro atoms. The van der Waals surface area contributed by atoms with Gasteiger partial charge in [-0.3, -0.25) is 0 Å². The molecule has 0 aromatic rings. The van der Waals surface area contributed by atoms with Crippen molar-refractivity contribution < 1.29 is 65.4 Å². The molecule has 0 radical (unpaired) electrons. The van der Waals surface area contributed by atoms with Gasteiger partial charge in [-0.25, -0.2) is 0 Å². The Kier molecular flexibility index (Phi) is 15.4. The van der Waals surface area contributed by atoms with Crippen LogP contribution in [-0.4, -0.2) is 6.61 Å². The molecule has 3 nitrogen and oxygen atoms in total. The van der Waals surface area contributed by atoms with Crippen LogP contribution >= 0.6 is 8.25 Å². The van der Waals surface area contributed by atoms with Crippen molar-refractivity contribution in [2.24, 2.45) is 0 Å². The van der Waals surface area contributed by atoms with Crippen LogP contribution in [0.1, 0.15) is 26.2 Å². The fourth-order valence-corrected chi connectivity index (χ4v) is 0.819. The minimum atomic E-state index is -2.92. The fourth-order valence-electron chi connectivity index (χ4n) is 0.508.